The molecule has 3 rings (SSSR count). The average Bonchev–Trinajstić information content (AvgIpc) is 2.38. The summed E-state index contributed by atoms with van der Waals surface area (Å²) >= 11 is 0. The van der Waals surface area contributed by atoms with Crippen LogP contribution in [0.2, 0.25) is 0 Å². The Labute approximate surface area is 110 Å². The van der Waals surface area contributed by atoms with Crippen molar-refractivity contribution in [2.24, 2.45) is 17.6 Å². The molecule has 2 N–H and O–H groups in total. The molecular weight excluding hydrogens is 222 g/mol. The van der Waals surface area contributed by atoms with Gasteiger partial charge in [0.15, 0.2) is 0 Å². The zero-order valence-corrected chi connectivity index (χ0v) is 11.2. The van der Waals surface area contributed by atoms with Crippen molar-refractivity contribution in [3.63, 3.8) is 0 Å². The third kappa shape index (κ3) is 2.14. The first-order chi connectivity index (χ1) is 8.67. The normalized spacial score (nSPS) is 35.7. The molecule has 1 heterocycles. The third-order valence-corrected chi connectivity index (χ3v) is 4.74. The summed E-state index contributed by atoms with van der Waals surface area (Å²) in [6, 6.07) is 8.32. The minimum absolute atomic E-state index is 0.150. The van der Waals surface area contributed by atoms with Gasteiger partial charge in [-0.05, 0) is 42.7 Å². The SMILES string of the molecule is CC1CCCC(C2(N)COc3ccccc3C2)C1. The van der Waals surface area contributed by atoms with Crippen molar-refractivity contribution in [3.8, 4) is 5.75 Å². The van der Waals surface area contributed by atoms with Gasteiger partial charge in [0.2, 0.25) is 0 Å². The fourth-order valence-corrected chi connectivity index (χ4v) is 3.63. The molecule has 0 amide bonds. The lowest BCUT2D eigenvalue weighted by atomic mass is 9.69. The highest BCUT2D eigenvalue weighted by Gasteiger charge is 2.40. The van der Waals surface area contributed by atoms with Crippen LogP contribution in [0.4, 0.5) is 0 Å². The summed E-state index contributed by atoms with van der Waals surface area (Å²) in [6.07, 6.45) is 6.20. The van der Waals surface area contributed by atoms with Crippen molar-refractivity contribution >= 4 is 0 Å². The van der Waals surface area contributed by atoms with Gasteiger partial charge in [0.05, 0.1) is 5.54 Å². The molecule has 1 saturated carbocycles. The van der Waals surface area contributed by atoms with Crippen LogP contribution in [0.3, 0.4) is 0 Å². The Morgan fingerprint density at radius 1 is 1.28 bits per heavy atom. The van der Waals surface area contributed by atoms with Gasteiger partial charge < -0.3 is 10.5 Å². The smallest absolute Gasteiger partial charge is 0.122 e. The van der Waals surface area contributed by atoms with Crippen LogP contribution in [0.1, 0.15) is 38.2 Å². The van der Waals surface area contributed by atoms with Crippen LogP contribution in [0, 0.1) is 11.8 Å². The standard InChI is InChI=1S/C16H23NO/c1-12-5-4-7-14(9-12)16(17)10-13-6-2-3-8-15(13)18-11-16/h2-3,6,8,12,14H,4-5,7,9-11,17H2,1H3. The van der Waals surface area contributed by atoms with Crippen molar-refractivity contribution in [1.29, 1.82) is 0 Å². The van der Waals surface area contributed by atoms with Crippen molar-refractivity contribution in [3.05, 3.63) is 29.8 Å². The molecule has 1 fully saturated rings. The molecular formula is C16H23NO. The number of rotatable bonds is 1. The van der Waals surface area contributed by atoms with E-state index in [0.29, 0.717) is 12.5 Å². The van der Waals surface area contributed by atoms with Gasteiger partial charge in [0.1, 0.15) is 12.4 Å². The van der Waals surface area contributed by atoms with Crippen LogP contribution >= 0.6 is 0 Å². The summed E-state index contributed by atoms with van der Waals surface area (Å²) < 4.78 is 5.90. The summed E-state index contributed by atoms with van der Waals surface area (Å²) in [7, 11) is 0. The lowest BCUT2D eigenvalue weighted by Gasteiger charge is -2.43. The molecule has 0 aromatic heterocycles. The number of nitrogens with two attached hydrogens (primary N) is 1. The minimum atomic E-state index is -0.150. The molecule has 2 nitrogen and oxygen atoms in total. The monoisotopic (exact) mass is 245 g/mol. The molecule has 2 aliphatic rings. The van der Waals surface area contributed by atoms with Gasteiger partial charge >= 0.3 is 0 Å². The van der Waals surface area contributed by atoms with E-state index in [2.05, 4.69) is 25.1 Å². The van der Waals surface area contributed by atoms with E-state index in [-0.39, 0.29) is 5.54 Å². The van der Waals surface area contributed by atoms with E-state index >= 15 is 0 Å². The van der Waals surface area contributed by atoms with E-state index in [4.69, 9.17) is 10.5 Å². The van der Waals surface area contributed by atoms with E-state index in [1.807, 2.05) is 6.07 Å². The van der Waals surface area contributed by atoms with E-state index in [1.165, 1.54) is 31.2 Å². The first-order valence-electron chi connectivity index (χ1n) is 7.17. The lowest BCUT2D eigenvalue weighted by molar-refractivity contribution is 0.0959. The van der Waals surface area contributed by atoms with Gasteiger partial charge in [-0.3, -0.25) is 0 Å². The molecule has 1 aromatic rings. The zero-order chi connectivity index (χ0) is 12.6. The molecule has 0 saturated heterocycles. The Morgan fingerprint density at radius 2 is 2.11 bits per heavy atom. The Kier molecular flexibility index (Phi) is 3.06. The van der Waals surface area contributed by atoms with E-state index in [0.717, 1.165) is 18.1 Å². The van der Waals surface area contributed by atoms with Crippen molar-refractivity contribution in [1.82, 2.24) is 0 Å². The van der Waals surface area contributed by atoms with E-state index < -0.39 is 0 Å². The van der Waals surface area contributed by atoms with Gasteiger partial charge in [-0.15, -0.1) is 0 Å². The molecule has 1 aliphatic carbocycles. The first kappa shape index (κ1) is 12.0. The Balaban J connectivity index is 1.80. The second kappa shape index (κ2) is 4.58. The van der Waals surface area contributed by atoms with Crippen molar-refractivity contribution < 1.29 is 4.74 Å². The van der Waals surface area contributed by atoms with E-state index in [9.17, 15) is 0 Å². The summed E-state index contributed by atoms with van der Waals surface area (Å²) in [5, 5.41) is 0. The molecule has 0 radical (unpaired) electrons. The maximum atomic E-state index is 6.69. The van der Waals surface area contributed by atoms with Gasteiger partial charge in [-0.2, -0.15) is 0 Å². The number of ether oxygens (including phenoxy) is 1. The second-order valence-electron chi connectivity index (χ2n) is 6.28. The highest BCUT2D eigenvalue weighted by atomic mass is 16.5. The molecule has 1 aliphatic heterocycles. The quantitative estimate of drug-likeness (QED) is 0.825. The van der Waals surface area contributed by atoms with Crippen molar-refractivity contribution in [2.75, 3.05) is 6.61 Å². The molecule has 0 bridgehead atoms. The average molecular weight is 245 g/mol. The number of fused-ring (bicyclic) bond motifs is 1. The second-order valence-corrected chi connectivity index (χ2v) is 6.28. The third-order valence-electron chi connectivity index (χ3n) is 4.74. The fourth-order valence-electron chi connectivity index (χ4n) is 3.63. The summed E-state index contributed by atoms with van der Waals surface area (Å²) in [6.45, 7) is 3.04. The molecule has 98 valence electrons. The largest absolute Gasteiger partial charge is 0.491 e. The Bertz CT molecular complexity index is 431. The van der Waals surface area contributed by atoms with Crippen LogP contribution in [-0.4, -0.2) is 12.1 Å². The Hall–Kier alpha value is -1.02. The maximum Gasteiger partial charge on any atom is 0.122 e. The first-order valence-corrected chi connectivity index (χ1v) is 7.17. The summed E-state index contributed by atoms with van der Waals surface area (Å²) in [5.74, 6) is 2.47. The van der Waals surface area contributed by atoms with Gasteiger partial charge in [-0.1, -0.05) is 38.0 Å². The predicted octanol–water partition coefficient (Wildman–Crippen LogP) is 3.15. The topological polar surface area (TPSA) is 35.2 Å². The number of benzene rings is 1. The molecule has 1 aromatic carbocycles. The van der Waals surface area contributed by atoms with Gasteiger partial charge in [0.25, 0.3) is 0 Å². The van der Waals surface area contributed by atoms with Crippen LogP contribution in [0.5, 0.6) is 5.75 Å². The molecule has 3 atom stereocenters. The number of para-hydroxylation sites is 1. The Morgan fingerprint density at radius 3 is 2.94 bits per heavy atom. The lowest BCUT2D eigenvalue weighted by Crippen LogP contribution is -2.56. The van der Waals surface area contributed by atoms with Crippen LogP contribution in [-0.2, 0) is 6.42 Å². The minimum Gasteiger partial charge on any atom is -0.491 e. The van der Waals surface area contributed by atoms with Crippen molar-refractivity contribution in [2.45, 2.75) is 44.6 Å². The highest BCUT2D eigenvalue weighted by molar-refractivity contribution is 5.37. The molecule has 2 heteroatoms. The molecule has 18 heavy (non-hydrogen) atoms. The number of hydrogen-bond donors (Lipinski definition) is 1. The van der Waals surface area contributed by atoms with E-state index in [1.54, 1.807) is 0 Å². The van der Waals surface area contributed by atoms with Gasteiger partial charge in [0, 0.05) is 0 Å². The zero-order valence-electron chi connectivity index (χ0n) is 11.2. The molecule has 0 spiro atoms. The van der Waals surface area contributed by atoms with Crippen LogP contribution < -0.4 is 10.5 Å². The summed E-state index contributed by atoms with van der Waals surface area (Å²) in [4.78, 5) is 0. The van der Waals surface area contributed by atoms with Crippen LogP contribution in [0.15, 0.2) is 24.3 Å². The molecule has 3 unspecified atom stereocenters. The number of hydrogen-bond acceptors (Lipinski definition) is 2. The van der Waals surface area contributed by atoms with Gasteiger partial charge in [-0.25, -0.2) is 0 Å². The fraction of sp³-hybridized carbons (Fsp3) is 0.625. The maximum absolute atomic E-state index is 6.69. The van der Waals surface area contributed by atoms with Crippen LogP contribution in [0.25, 0.3) is 0 Å². The highest BCUT2D eigenvalue weighted by Crippen LogP contribution is 2.39. The predicted molar refractivity (Wildman–Crippen MR) is 73.7 cm³/mol. The summed E-state index contributed by atoms with van der Waals surface area (Å²) in [5.41, 5.74) is 7.82.